The van der Waals surface area contributed by atoms with Crippen molar-refractivity contribution in [2.45, 2.75) is 20.3 Å². The second-order valence-electron chi connectivity index (χ2n) is 4.13. The lowest BCUT2D eigenvalue weighted by molar-refractivity contribution is 0.104. The third kappa shape index (κ3) is 2.01. The molecule has 0 N–H and O–H groups in total. The number of carbonyl (C=O) groups excluding carboxylic acids is 1. The van der Waals surface area contributed by atoms with Gasteiger partial charge in [-0.15, -0.1) is 0 Å². The average Bonchev–Trinajstić information content (AvgIpc) is 2.66. The molecule has 2 aromatic rings. The van der Waals surface area contributed by atoms with Gasteiger partial charge in [0, 0.05) is 11.1 Å². The van der Waals surface area contributed by atoms with E-state index in [4.69, 9.17) is 0 Å². The van der Waals surface area contributed by atoms with Crippen LogP contribution in [-0.4, -0.2) is 5.78 Å². The number of carbonyl (C=O) groups is 1. The first-order valence-corrected chi connectivity index (χ1v) is 6.02. The molecule has 0 unspecified atom stereocenters. The van der Waals surface area contributed by atoms with Gasteiger partial charge in [-0.25, -0.2) is 0 Å². The van der Waals surface area contributed by atoms with Crippen LogP contribution >= 0.6 is 0 Å². The van der Waals surface area contributed by atoms with E-state index in [2.05, 4.69) is 13.8 Å². The molecule has 0 amide bonds. The number of hydrogen-bond acceptors (Lipinski definition) is 1. The highest BCUT2D eigenvalue weighted by Crippen LogP contribution is 2.35. The molecule has 0 saturated heterocycles. The van der Waals surface area contributed by atoms with Crippen LogP contribution in [0.5, 0.6) is 0 Å². The van der Waals surface area contributed by atoms with E-state index in [-0.39, 0.29) is 5.78 Å². The second kappa shape index (κ2) is 4.96. The van der Waals surface area contributed by atoms with Gasteiger partial charge in [-0.2, -0.15) is 0 Å². The van der Waals surface area contributed by atoms with Crippen LogP contribution in [0.4, 0.5) is 0 Å². The highest BCUT2D eigenvalue weighted by atomic mass is 16.1. The summed E-state index contributed by atoms with van der Waals surface area (Å²) in [5.41, 5.74) is 3.78. The van der Waals surface area contributed by atoms with Crippen LogP contribution in [0.3, 0.4) is 0 Å². The van der Waals surface area contributed by atoms with E-state index >= 15 is 0 Å². The van der Waals surface area contributed by atoms with Gasteiger partial charge in [0.1, 0.15) is 0 Å². The standard InChI is InChI=1S/C13H8O.C3H8/c14-13-11-7-3-1-5-9(11)10-6-2-4-8-12(10)13;1-3-2/h1-8H;3H2,1-2H3. The average molecular weight is 224 g/mol. The SMILES string of the molecule is CCC.O=C1c2ccccc2-c2ccccc21. The summed E-state index contributed by atoms with van der Waals surface area (Å²) in [7, 11) is 0. The highest BCUT2D eigenvalue weighted by molar-refractivity contribution is 6.21. The Morgan fingerprint density at radius 3 is 1.35 bits per heavy atom. The second-order valence-corrected chi connectivity index (χ2v) is 4.13. The first kappa shape index (κ1) is 11.6. The number of hydrogen-bond donors (Lipinski definition) is 0. The molecule has 0 radical (unpaired) electrons. The van der Waals surface area contributed by atoms with Gasteiger partial charge in [-0.05, 0) is 11.1 Å². The van der Waals surface area contributed by atoms with Gasteiger partial charge < -0.3 is 0 Å². The largest absolute Gasteiger partial charge is 0.289 e. The van der Waals surface area contributed by atoms with Crippen molar-refractivity contribution in [3.8, 4) is 11.1 Å². The zero-order chi connectivity index (χ0) is 12.3. The van der Waals surface area contributed by atoms with E-state index < -0.39 is 0 Å². The van der Waals surface area contributed by atoms with Gasteiger partial charge in [-0.3, -0.25) is 4.79 Å². The fourth-order valence-corrected chi connectivity index (χ4v) is 1.98. The molecule has 1 heteroatoms. The fraction of sp³-hybridized carbons (Fsp3) is 0.188. The molecule has 0 atom stereocenters. The van der Waals surface area contributed by atoms with Crippen LogP contribution in [0.25, 0.3) is 11.1 Å². The topological polar surface area (TPSA) is 17.1 Å². The summed E-state index contributed by atoms with van der Waals surface area (Å²) < 4.78 is 0. The summed E-state index contributed by atoms with van der Waals surface area (Å²) in [5, 5.41) is 0. The van der Waals surface area contributed by atoms with Crippen molar-refractivity contribution in [1.29, 1.82) is 0 Å². The molecule has 0 bridgehead atoms. The zero-order valence-corrected chi connectivity index (χ0v) is 10.2. The molecule has 86 valence electrons. The predicted octanol–water partition coefficient (Wildman–Crippen LogP) is 4.31. The first-order chi connectivity index (χ1) is 8.29. The molecule has 0 aliphatic heterocycles. The van der Waals surface area contributed by atoms with Gasteiger partial charge in [0.2, 0.25) is 0 Å². The Morgan fingerprint density at radius 1 is 0.706 bits per heavy atom. The molecule has 3 rings (SSSR count). The molecule has 1 aliphatic carbocycles. The summed E-state index contributed by atoms with van der Waals surface area (Å²) in [6.07, 6.45) is 1.25. The smallest absolute Gasteiger partial charge is 0.194 e. The normalized spacial score (nSPS) is 11.3. The molecular weight excluding hydrogens is 208 g/mol. The van der Waals surface area contributed by atoms with Gasteiger partial charge in [0.05, 0.1) is 0 Å². The van der Waals surface area contributed by atoms with E-state index in [0.717, 1.165) is 22.3 Å². The summed E-state index contributed by atoms with van der Waals surface area (Å²) in [4.78, 5) is 11.9. The third-order valence-electron chi connectivity index (χ3n) is 2.63. The van der Waals surface area contributed by atoms with Gasteiger partial charge in [0.25, 0.3) is 0 Å². The van der Waals surface area contributed by atoms with Crippen molar-refractivity contribution in [3.05, 3.63) is 59.7 Å². The minimum Gasteiger partial charge on any atom is -0.289 e. The van der Waals surface area contributed by atoms with Crippen LogP contribution in [0.15, 0.2) is 48.5 Å². The molecule has 1 nitrogen and oxygen atoms in total. The molecule has 1 aliphatic rings. The van der Waals surface area contributed by atoms with Crippen molar-refractivity contribution in [2.75, 3.05) is 0 Å². The Labute approximate surface area is 102 Å². The number of fused-ring (bicyclic) bond motifs is 3. The van der Waals surface area contributed by atoms with Crippen molar-refractivity contribution in [3.63, 3.8) is 0 Å². The number of rotatable bonds is 0. The van der Waals surface area contributed by atoms with Crippen LogP contribution in [-0.2, 0) is 0 Å². The monoisotopic (exact) mass is 224 g/mol. The van der Waals surface area contributed by atoms with E-state index in [1.807, 2.05) is 48.5 Å². The van der Waals surface area contributed by atoms with Crippen LogP contribution in [0.2, 0.25) is 0 Å². The van der Waals surface area contributed by atoms with Gasteiger partial charge in [0.15, 0.2) is 5.78 Å². The minimum atomic E-state index is 0.149. The molecule has 17 heavy (non-hydrogen) atoms. The summed E-state index contributed by atoms with van der Waals surface area (Å²) in [5.74, 6) is 0.149. The molecule has 0 aromatic heterocycles. The minimum absolute atomic E-state index is 0.149. The first-order valence-electron chi connectivity index (χ1n) is 6.02. The Hall–Kier alpha value is -1.89. The third-order valence-corrected chi connectivity index (χ3v) is 2.63. The van der Waals surface area contributed by atoms with Crippen LogP contribution in [0, 0.1) is 0 Å². The molecule has 2 aromatic carbocycles. The Morgan fingerprint density at radius 2 is 1.00 bits per heavy atom. The van der Waals surface area contributed by atoms with E-state index in [1.165, 1.54) is 6.42 Å². The summed E-state index contributed by atoms with van der Waals surface area (Å²) >= 11 is 0. The zero-order valence-electron chi connectivity index (χ0n) is 10.2. The summed E-state index contributed by atoms with van der Waals surface area (Å²) in [6.45, 7) is 4.25. The van der Waals surface area contributed by atoms with Crippen molar-refractivity contribution in [1.82, 2.24) is 0 Å². The lowest BCUT2D eigenvalue weighted by Gasteiger charge is -1.96. The van der Waals surface area contributed by atoms with Crippen LogP contribution in [0.1, 0.15) is 36.2 Å². The van der Waals surface area contributed by atoms with Crippen molar-refractivity contribution >= 4 is 5.78 Å². The quantitative estimate of drug-likeness (QED) is 0.556. The Bertz CT molecular complexity index is 493. The lowest BCUT2D eigenvalue weighted by Crippen LogP contribution is -1.93. The van der Waals surface area contributed by atoms with E-state index in [9.17, 15) is 4.79 Å². The summed E-state index contributed by atoms with van der Waals surface area (Å²) in [6, 6.07) is 15.5. The number of ketones is 1. The van der Waals surface area contributed by atoms with Crippen molar-refractivity contribution < 1.29 is 4.79 Å². The van der Waals surface area contributed by atoms with Crippen molar-refractivity contribution in [2.24, 2.45) is 0 Å². The number of benzene rings is 2. The molecule has 0 saturated carbocycles. The molecular formula is C16H16O. The molecule has 0 heterocycles. The highest BCUT2D eigenvalue weighted by Gasteiger charge is 2.24. The van der Waals surface area contributed by atoms with Gasteiger partial charge in [-0.1, -0.05) is 68.8 Å². The van der Waals surface area contributed by atoms with Gasteiger partial charge >= 0.3 is 0 Å². The fourth-order valence-electron chi connectivity index (χ4n) is 1.98. The predicted molar refractivity (Wildman–Crippen MR) is 71.3 cm³/mol. The maximum atomic E-state index is 11.9. The molecule has 0 fully saturated rings. The van der Waals surface area contributed by atoms with E-state index in [1.54, 1.807) is 0 Å². The maximum Gasteiger partial charge on any atom is 0.194 e. The maximum absolute atomic E-state index is 11.9. The lowest BCUT2D eigenvalue weighted by atomic mass is 10.1. The van der Waals surface area contributed by atoms with E-state index in [0.29, 0.717) is 0 Å². The Balaban J connectivity index is 0.000000329. The Kier molecular flexibility index (Phi) is 3.38. The van der Waals surface area contributed by atoms with Crippen LogP contribution < -0.4 is 0 Å². The molecule has 0 spiro atoms.